The van der Waals surface area contributed by atoms with Crippen molar-refractivity contribution in [3.63, 3.8) is 0 Å². The highest BCUT2D eigenvalue weighted by Gasteiger charge is 2.37. The zero-order chi connectivity index (χ0) is 21.6. The van der Waals surface area contributed by atoms with Gasteiger partial charge < -0.3 is 4.74 Å². The van der Waals surface area contributed by atoms with Crippen molar-refractivity contribution in [1.82, 2.24) is 0 Å². The van der Waals surface area contributed by atoms with E-state index in [1.807, 2.05) is 43.3 Å². The van der Waals surface area contributed by atoms with Crippen molar-refractivity contribution in [2.75, 3.05) is 11.5 Å². The van der Waals surface area contributed by atoms with Crippen molar-refractivity contribution in [1.29, 1.82) is 0 Å². The van der Waals surface area contributed by atoms with Gasteiger partial charge in [0, 0.05) is 21.9 Å². The van der Waals surface area contributed by atoms with Gasteiger partial charge in [-0.25, -0.2) is 4.90 Å². The molecule has 0 N–H and O–H groups in total. The Bertz CT molecular complexity index is 1110. The van der Waals surface area contributed by atoms with Gasteiger partial charge in [0.05, 0.1) is 12.3 Å². The largest absolute Gasteiger partial charge is 0.493 e. The third kappa shape index (κ3) is 2.98. The molecular formula is C26H27NO3. The number of imide groups is 1. The smallest absolute Gasteiger partial charge is 0.266 e. The SMILES string of the molecule is CCOc1ccc2c3c(cccc13)C(=O)N(c1c(C(C)C)cccc1C(C)C)C2=O. The molecule has 30 heavy (non-hydrogen) atoms. The van der Waals surface area contributed by atoms with E-state index in [9.17, 15) is 9.59 Å². The fraction of sp³-hybridized carbons (Fsp3) is 0.308. The van der Waals surface area contributed by atoms with Crippen LogP contribution in [0.5, 0.6) is 5.75 Å². The minimum Gasteiger partial charge on any atom is -0.493 e. The molecule has 0 spiro atoms. The molecule has 1 aliphatic rings. The summed E-state index contributed by atoms with van der Waals surface area (Å²) in [6, 6.07) is 15.2. The number of carbonyl (C=O) groups is 2. The maximum Gasteiger partial charge on any atom is 0.266 e. The summed E-state index contributed by atoms with van der Waals surface area (Å²) in [5.74, 6) is 0.495. The zero-order valence-electron chi connectivity index (χ0n) is 18.2. The summed E-state index contributed by atoms with van der Waals surface area (Å²) in [7, 11) is 0. The van der Waals surface area contributed by atoms with Gasteiger partial charge in [-0.15, -0.1) is 0 Å². The number of benzene rings is 3. The van der Waals surface area contributed by atoms with Crippen LogP contribution in [0.25, 0.3) is 10.8 Å². The summed E-state index contributed by atoms with van der Waals surface area (Å²) in [5, 5.41) is 1.48. The van der Waals surface area contributed by atoms with E-state index in [4.69, 9.17) is 4.74 Å². The number of para-hydroxylation sites is 1. The summed E-state index contributed by atoms with van der Waals surface area (Å²) < 4.78 is 5.74. The number of anilines is 1. The number of ether oxygens (including phenoxy) is 1. The molecule has 0 bridgehead atoms. The van der Waals surface area contributed by atoms with Crippen LogP contribution in [0.15, 0.2) is 48.5 Å². The van der Waals surface area contributed by atoms with Crippen LogP contribution in [-0.4, -0.2) is 18.4 Å². The van der Waals surface area contributed by atoms with E-state index in [2.05, 4.69) is 27.7 Å². The van der Waals surface area contributed by atoms with E-state index >= 15 is 0 Å². The fourth-order valence-corrected chi connectivity index (χ4v) is 4.32. The maximum absolute atomic E-state index is 13.7. The summed E-state index contributed by atoms with van der Waals surface area (Å²) >= 11 is 0. The van der Waals surface area contributed by atoms with Gasteiger partial charge in [0.25, 0.3) is 11.8 Å². The second kappa shape index (κ2) is 7.60. The first kappa shape index (κ1) is 20.1. The number of hydrogen-bond donors (Lipinski definition) is 0. The van der Waals surface area contributed by atoms with Gasteiger partial charge in [0.2, 0.25) is 0 Å². The lowest BCUT2D eigenvalue weighted by atomic mass is 9.88. The van der Waals surface area contributed by atoms with E-state index in [0.29, 0.717) is 28.9 Å². The topological polar surface area (TPSA) is 46.6 Å². The summed E-state index contributed by atoms with van der Waals surface area (Å²) in [6.07, 6.45) is 0. The molecular weight excluding hydrogens is 374 g/mol. The van der Waals surface area contributed by atoms with Crippen molar-refractivity contribution in [2.24, 2.45) is 0 Å². The Morgan fingerprint density at radius 1 is 0.800 bits per heavy atom. The van der Waals surface area contributed by atoms with E-state index in [0.717, 1.165) is 22.2 Å². The van der Waals surface area contributed by atoms with Crippen molar-refractivity contribution >= 4 is 28.3 Å². The van der Waals surface area contributed by atoms with Gasteiger partial charge in [-0.3, -0.25) is 9.59 Å². The summed E-state index contributed by atoms with van der Waals surface area (Å²) in [6.45, 7) is 10.8. The molecule has 0 aliphatic carbocycles. The van der Waals surface area contributed by atoms with Crippen molar-refractivity contribution in [3.05, 3.63) is 70.8 Å². The quantitative estimate of drug-likeness (QED) is 0.472. The predicted octanol–water partition coefficient (Wildman–Crippen LogP) is 6.29. The van der Waals surface area contributed by atoms with Crippen molar-refractivity contribution in [2.45, 2.75) is 46.5 Å². The second-order valence-electron chi connectivity index (χ2n) is 8.31. The monoisotopic (exact) mass is 401 g/mol. The maximum atomic E-state index is 13.7. The summed E-state index contributed by atoms with van der Waals surface area (Å²) in [5.41, 5.74) is 3.82. The van der Waals surface area contributed by atoms with Crippen LogP contribution in [-0.2, 0) is 0 Å². The lowest BCUT2D eigenvalue weighted by Gasteiger charge is -2.32. The Kier molecular flexibility index (Phi) is 5.10. The first-order valence-electron chi connectivity index (χ1n) is 10.6. The van der Waals surface area contributed by atoms with E-state index < -0.39 is 0 Å². The number of amides is 2. The third-order valence-electron chi connectivity index (χ3n) is 5.73. The molecule has 154 valence electrons. The normalized spacial score (nSPS) is 13.6. The van der Waals surface area contributed by atoms with Crippen LogP contribution in [0.3, 0.4) is 0 Å². The van der Waals surface area contributed by atoms with Crippen molar-refractivity contribution in [3.8, 4) is 5.75 Å². The standard InChI is InChI=1S/C26H27NO3/c1-6-30-22-14-13-21-23-19(22)11-8-12-20(23)25(28)27(26(21)29)24-17(15(2)3)9-7-10-18(24)16(4)5/h7-16H,6H2,1-5H3. The number of rotatable bonds is 5. The van der Waals surface area contributed by atoms with E-state index in [1.165, 1.54) is 4.90 Å². The number of nitrogens with zero attached hydrogens (tertiary/aromatic N) is 1. The highest BCUT2D eigenvalue weighted by atomic mass is 16.5. The first-order chi connectivity index (χ1) is 14.4. The fourth-order valence-electron chi connectivity index (χ4n) is 4.32. The van der Waals surface area contributed by atoms with Gasteiger partial charge in [-0.1, -0.05) is 58.0 Å². The Balaban J connectivity index is 2.00. The minimum absolute atomic E-state index is 0.178. The third-order valence-corrected chi connectivity index (χ3v) is 5.73. The molecule has 3 aromatic carbocycles. The van der Waals surface area contributed by atoms with Crippen LogP contribution >= 0.6 is 0 Å². The molecule has 0 atom stereocenters. The lowest BCUT2D eigenvalue weighted by Crippen LogP contribution is -2.41. The molecule has 0 radical (unpaired) electrons. The number of carbonyl (C=O) groups excluding carboxylic acids is 2. The van der Waals surface area contributed by atoms with Crippen LogP contribution < -0.4 is 9.64 Å². The lowest BCUT2D eigenvalue weighted by molar-refractivity contribution is 0.0893. The second-order valence-corrected chi connectivity index (χ2v) is 8.31. The predicted molar refractivity (Wildman–Crippen MR) is 121 cm³/mol. The molecule has 0 fully saturated rings. The van der Waals surface area contributed by atoms with Crippen LogP contribution in [0.2, 0.25) is 0 Å². The van der Waals surface area contributed by atoms with E-state index in [1.54, 1.807) is 12.1 Å². The zero-order valence-corrected chi connectivity index (χ0v) is 18.2. The van der Waals surface area contributed by atoms with Crippen LogP contribution in [0, 0.1) is 0 Å². The summed E-state index contributed by atoms with van der Waals surface area (Å²) in [4.78, 5) is 28.8. The molecule has 3 aromatic rings. The van der Waals surface area contributed by atoms with Gasteiger partial charge in [-0.2, -0.15) is 0 Å². The number of hydrogen-bond acceptors (Lipinski definition) is 3. The minimum atomic E-state index is -0.276. The molecule has 4 rings (SSSR count). The Morgan fingerprint density at radius 3 is 1.93 bits per heavy atom. The van der Waals surface area contributed by atoms with Crippen LogP contribution in [0.4, 0.5) is 5.69 Å². The highest BCUT2D eigenvalue weighted by Crippen LogP contribution is 2.41. The Morgan fingerprint density at radius 2 is 1.37 bits per heavy atom. The average molecular weight is 402 g/mol. The average Bonchev–Trinajstić information content (AvgIpc) is 2.72. The molecule has 0 aromatic heterocycles. The molecule has 0 unspecified atom stereocenters. The Hall–Kier alpha value is -3.14. The molecule has 0 saturated carbocycles. The van der Waals surface area contributed by atoms with E-state index in [-0.39, 0.29) is 23.7 Å². The highest BCUT2D eigenvalue weighted by molar-refractivity contribution is 6.36. The van der Waals surface area contributed by atoms with Crippen molar-refractivity contribution < 1.29 is 14.3 Å². The van der Waals surface area contributed by atoms with Gasteiger partial charge >= 0.3 is 0 Å². The Labute approximate surface area is 177 Å². The van der Waals surface area contributed by atoms with Gasteiger partial charge in [-0.05, 0) is 48.1 Å². The van der Waals surface area contributed by atoms with Gasteiger partial charge in [0.1, 0.15) is 5.75 Å². The molecule has 4 nitrogen and oxygen atoms in total. The molecule has 0 saturated heterocycles. The van der Waals surface area contributed by atoms with Gasteiger partial charge in [0.15, 0.2) is 0 Å². The molecule has 4 heteroatoms. The van der Waals surface area contributed by atoms with Crippen LogP contribution in [0.1, 0.15) is 78.3 Å². The first-order valence-corrected chi connectivity index (χ1v) is 10.6. The molecule has 2 amide bonds. The molecule has 1 aliphatic heterocycles. The molecule has 1 heterocycles.